The fraction of sp³-hybridized carbons (Fsp3) is 0.389. The zero-order chi connectivity index (χ0) is 17.8. The van der Waals surface area contributed by atoms with E-state index < -0.39 is 0 Å². The SMILES string of the molecule is CCc1nc2c(c(NCc3nc(-c4ccncc4)n[nH]3)n1)CCNCC2.Cl.Cl. The van der Waals surface area contributed by atoms with Crippen LogP contribution < -0.4 is 10.6 Å². The Balaban J connectivity index is 0.00000140. The third-order valence-corrected chi connectivity index (χ3v) is 4.44. The molecule has 0 atom stereocenters. The third-order valence-electron chi connectivity index (χ3n) is 4.44. The highest BCUT2D eigenvalue weighted by Crippen LogP contribution is 2.21. The number of nitrogens with zero attached hydrogens (tertiary/aromatic N) is 5. The number of halogens is 2. The van der Waals surface area contributed by atoms with E-state index in [-0.39, 0.29) is 24.8 Å². The number of pyridine rings is 1. The molecule has 0 radical (unpaired) electrons. The molecule has 10 heteroatoms. The Morgan fingerprint density at radius 3 is 2.61 bits per heavy atom. The molecular formula is C18H24Cl2N8. The molecule has 0 saturated carbocycles. The number of anilines is 1. The van der Waals surface area contributed by atoms with Crippen molar-refractivity contribution in [1.29, 1.82) is 0 Å². The summed E-state index contributed by atoms with van der Waals surface area (Å²) >= 11 is 0. The van der Waals surface area contributed by atoms with Crippen LogP contribution in [0.2, 0.25) is 0 Å². The van der Waals surface area contributed by atoms with Crippen LogP contribution in [-0.2, 0) is 25.8 Å². The maximum atomic E-state index is 4.72. The number of aryl methyl sites for hydroxylation is 1. The summed E-state index contributed by atoms with van der Waals surface area (Å²) in [6.07, 6.45) is 6.17. The Bertz CT molecular complexity index is 885. The predicted molar refractivity (Wildman–Crippen MR) is 113 cm³/mol. The Labute approximate surface area is 176 Å². The summed E-state index contributed by atoms with van der Waals surface area (Å²) in [5.74, 6) is 3.23. The molecule has 0 unspecified atom stereocenters. The van der Waals surface area contributed by atoms with E-state index in [0.29, 0.717) is 12.4 Å². The van der Waals surface area contributed by atoms with Gasteiger partial charge < -0.3 is 10.6 Å². The van der Waals surface area contributed by atoms with E-state index in [1.807, 2.05) is 12.1 Å². The van der Waals surface area contributed by atoms with E-state index in [0.717, 1.165) is 61.1 Å². The lowest BCUT2D eigenvalue weighted by Gasteiger charge is -2.13. The van der Waals surface area contributed by atoms with Gasteiger partial charge in [0.1, 0.15) is 17.5 Å². The van der Waals surface area contributed by atoms with E-state index >= 15 is 0 Å². The van der Waals surface area contributed by atoms with Crippen LogP contribution in [0.4, 0.5) is 5.82 Å². The van der Waals surface area contributed by atoms with Crippen molar-refractivity contribution in [2.45, 2.75) is 32.7 Å². The minimum absolute atomic E-state index is 0. The number of aromatic amines is 1. The second-order valence-corrected chi connectivity index (χ2v) is 6.21. The number of aromatic nitrogens is 6. The van der Waals surface area contributed by atoms with Gasteiger partial charge in [-0.25, -0.2) is 15.0 Å². The summed E-state index contributed by atoms with van der Waals surface area (Å²) in [5, 5.41) is 14.1. The minimum atomic E-state index is 0. The normalized spacial score (nSPS) is 12.9. The van der Waals surface area contributed by atoms with Crippen molar-refractivity contribution in [1.82, 2.24) is 35.5 Å². The summed E-state index contributed by atoms with van der Waals surface area (Å²) in [6.45, 7) is 4.53. The van der Waals surface area contributed by atoms with Gasteiger partial charge in [-0.05, 0) is 25.1 Å². The maximum absolute atomic E-state index is 4.72. The topological polar surface area (TPSA) is 104 Å². The molecule has 3 aromatic heterocycles. The number of hydrogen-bond donors (Lipinski definition) is 3. The van der Waals surface area contributed by atoms with Crippen LogP contribution in [0.3, 0.4) is 0 Å². The molecule has 3 aromatic rings. The van der Waals surface area contributed by atoms with Gasteiger partial charge in [-0.3, -0.25) is 10.1 Å². The minimum Gasteiger partial charge on any atom is -0.362 e. The van der Waals surface area contributed by atoms with E-state index in [9.17, 15) is 0 Å². The molecule has 3 N–H and O–H groups in total. The summed E-state index contributed by atoms with van der Waals surface area (Å²) in [6, 6.07) is 3.79. The third kappa shape index (κ3) is 4.95. The van der Waals surface area contributed by atoms with E-state index in [4.69, 9.17) is 9.97 Å². The molecule has 0 spiro atoms. The first-order chi connectivity index (χ1) is 12.8. The highest BCUT2D eigenvalue weighted by atomic mass is 35.5. The number of H-pyrrole nitrogens is 1. The lowest BCUT2D eigenvalue weighted by molar-refractivity contribution is 0.708. The molecule has 28 heavy (non-hydrogen) atoms. The number of nitrogens with one attached hydrogen (secondary N) is 3. The summed E-state index contributed by atoms with van der Waals surface area (Å²) in [5.41, 5.74) is 3.30. The van der Waals surface area contributed by atoms with Gasteiger partial charge in [0.05, 0.1) is 12.2 Å². The van der Waals surface area contributed by atoms with Crippen molar-refractivity contribution >= 4 is 30.6 Å². The fourth-order valence-corrected chi connectivity index (χ4v) is 3.07. The average Bonchev–Trinajstić information content (AvgIpc) is 3.04. The molecule has 0 fully saturated rings. The molecule has 0 aromatic carbocycles. The summed E-state index contributed by atoms with van der Waals surface area (Å²) in [4.78, 5) is 18.0. The Morgan fingerprint density at radius 1 is 1.04 bits per heavy atom. The van der Waals surface area contributed by atoms with Crippen molar-refractivity contribution in [3.63, 3.8) is 0 Å². The van der Waals surface area contributed by atoms with Crippen molar-refractivity contribution in [2.75, 3.05) is 18.4 Å². The van der Waals surface area contributed by atoms with Crippen molar-refractivity contribution in [3.05, 3.63) is 47.4 Å². The van der Waals surface area contributed by atoms with Gasteiger partial charge >= 0.3 is 0 Å². The Kier molecular flexibility index (Phi) is 8.10. The molecule has 150 valence electrons. The predicted octanol–water partition coefficient (Wildman–Crippen LogP) is 2.36. The first kappa shape index (κ1) is 22.0. The second kappa shape index (κ2) is 10.3. The van der Waals surface area contributed by atoms with Crippen LogP contribution in [0.25, 0.3) is 11.4 Å². The first-order valence-electron chi connectivity index (χ1n) is 8.98. The van der Waals surface area contributed by atoms with Gasteiger partial charge in [0.15, 0.2) is 5.82 Å². The van der Waals surface area contributed by atoms with Crippen molar-refractivity contribution in [2.24, 2.45) is 0 Å². The zero-order valence-electron chi connectivity index (χ0n) is 15.6. The lowest BCUT2D eigenvalue weighted by Crippen LogP contribution is -2.16. The monoisotopic (exact) mass is 422 g/mol. The average molecular weight is 423 g/mol. The van der Waals surface area contributed by atoms with Gasteiger partial charge in [0, 0.05) is 42.9 Å². The number of hydrogen-bond acceptors (Lipinski definition) is 7. The Hall–Kier alpha value is -2.29. The lowest BCUT2D eigenvalue weighted by atomic mass is 10.1. The van der Waals surface area contributed by atoms with Crippen LogP contribution >= 0.6 is 24.8 Å². The van der Waals surface area contributed by atoms with E-state index in [1.165, 1.54) is 5.56 Å². The van der Waals surface area contributed by atoms with Crippen molar-refractivity contribution in [3.8, 4) is 11.4 Å². The van der Waals surface area contributed by atoms with E-state index in [2.05, 4.69) is 37.7 Å². The molecule has 4 heterocycles. The van der Waals surface area contributed by atoms with Gasteiger partial charge in [-0.1, -0.05) is 6.92 Å². The van der Waals surface area contributed by atoms with Crippen LogP contribution in [0, 0.1) is 0 Å². The summed E-state index contributed by atoms with van der Waals surface area (Å²) < 4.78 is 0. The molecule has 4 rings (SSSR count). The Morgan fingerprint density at radius 2 is 1.82 bits per heavy atom. The molecule has 0 amide bonds. The highest BCUT2D eigenvalue weighted by molar-refractivity contribution is 5.85. The molecular weight excluding hydrogens is 399 g/mol. The molecule has 0 aliphatic carbocycles. The fourth-order valence-electron chi connectivity index (χ4n) is 3.07. The maximum Gasteiger partial charge on any atom is 0.181 e. The molecule has 0 saturated heterocycles. The first-order valence-corrected chi connectivity index (χ1v) is 8.98. The van der Waals surface area contributed by atoms with Crippen LogP contribution in [0.15, 0.2) is 24.5 Å². The molecule has 8 nitrogen and oxygen atoms in total. The van der Waals surface area contributed by atoms with Crippen LogP contribution in [0.1, 0.15) is 29.8 Å². The quantitative estimate of drug-likeness (QED) is 0.579. The van der Waals surface area contributed by atoms with Gasteiger partial charge in [0.25, 0.3) is 0 Å². The van der Waals surface area contributed by atoms with Crippen LogP contribution in [-0.4, -0.2) is 43.2 Å². The molecule has 0 bridgehead atoms. The van der Waals surface area contributed by atoms with Crippen LogP contribution in [0.5, 0.6) is 0 Å². The zero-order valence-corrected chi connectivity index (χ0v) is 17.2. The second-order valence-electron chi connectivity index (χ2n) is 6.21. The number of rotatable bonds is 5. The largest absolute Gasteiger partial charge is 0.362 e. The molecule has 1 aliphatic heterocycles. The highest BCUT2D eigenvalue weighted by Gasteiger charge is 2.16. The van der Waals surface area contributed by atoms with E-state index in [1.54, 1.807) is 12.4 Å². The summed E-state index contributed by atoms with van der Waals surface area (Å²) in [7, 11) is 0. The van der Waals surface area contributed by atoms with Crippen molar-refractivity contribution < 1.29 is 0 Å². The standard InChI is InChI=1S/C18H22N8.2ClH/c1-2-15-22-14-6-10-20-9-5-13(14)18(23-15)21-11-16-24-17(26-25-16)12-3-7-19-8-4-12;;/h3-4,7-8,20H,2,5-6,9-11H2,1H3,(H,21,22,23)(H,24,25,26);2*1H. The smallest absolute Gasteiger partial charge is 0.181 e. The van der Waals surface area contributed by atoms with Gasteiger partial charge in [-0.15, -0.1) is 24.8 Å². The molecule has 1 aliphatic rings. The van der Waals surface area contributed by atoms with Gasteiger partial charge in [-0.2, -0.15) is 5.10 Å². The number of fused-ring (bicyclic) bond motifs is 1. The van der Waals surface area contributed by atoms with Gasteiger partial charge in [0.2, 0.25) is 0 Å².